The molecule has 0 bridgehead atoms. The Morgan fingerprint density at radius 1 is 0.857 bits per heavy atom. The first-order chi connectivity index (χ1) is 16.4. The van der Waals surface area contributed by atoms with Crippen LogP contribution in [0.5, 0.6) is 0 Å². The van der Waals surface area contributed by atoms with E-state index in [0.717, 1.165) is 6.07 Å². The van der Waals surface area contributed by atoms with Gasteiger partial charge in [-0.15, -0.1) is 0 Å². The SMILES string of the molecule is Cc1ccc([P@](=Nc2ccccc2C(F)(F)F)(N2CCN(c3ccccc3F)CC2)C(C)(C)C)o1. The van der Waals surface area contributed by atoms with Crippen molar-refractivity contribution in [3.63, 3.8) is 0 Å². The first-order valence-electron chi connectivity index (χ1n) is 11.5. The summed E-state index contributed by atoms with van der Waals surface area (Å²) in [6.07, 6.45) is -4.53. The van der Waals surface area contributed by atoms with Gasteiger partial charge < -0.3 is 9.32 Å². The second-order valence-corrected chi connectivity index (χ2v) is 13.4. The topological polar surface area (TPSA) is 32.0 Å². The largest absolute Gasteiger partial charge is 0.459 e. The van der Waals surface area contributed by atoms with Crippen LogP contribution in [0.1, 0.15) is 32.1 Å². The van der Waals surface area contributed by atoms with Gasteiger partial charge in [-0.25, -0.2) is 9.14 Å². The van der Waals surface area contributed by atoms with Crippen molar-refractivity contribution < 1.29 is 22.0 Å². The first-order valence-corrected chi connectivity index (χ1v) is 13.2. The highest BCUT2D eigenvalue weighted by atomic mass is 31.2. The molecule has 1 aliphatic rings. The molecule has 1 atom stereocenters. The Morgan fingerprint density at radius 3 is 2.06 bits per heavy atom. The van der Waals surface area contributed by atoms with Crippen molar-refractivity contribution in [3.05, 3.63) is 77.8 Å². The number of nitrogens with zero attached hydrogens (tertiary/aromatic N) is 3. The van der Waals surface area contributed by atoms with E-state index in [4.69, 9.17) is 9.16 Å². The predicted octanol–water partition coefficient (Wildman–Crippen LogP) is 7.44. The van der Waals surface area contributed by atoms with Crippen LogP contribution in [0.2, 0.25) is 0 Å². The van der Waals surface area contributed by atoms with Crippen LogP contribution in [-0.2, 0) is 6.18 Å². The quantitative estimate of drug-likeness (QED) is 0.272. The summed E-state index contributed by atoms with van der Waals surface area (Å²) in [5.74, 6) is 0.390. The third-order valence-corrected chi connectivity index (χ3v) is 10.7. The standard InChI is InChI=1S/C26H30F4N3OP/c1-19-13-14-24(34-19)35(25(2,3)4,31-22-11-7-5-9-20(22)26(28,29)30)33-17-15-32(16-18-33)23-12-8-6-10-21(23)27/h5-14H,15-18H2,1-4H3/t35-/m0/s1. The van der Waals surface area contributed by atoms with Crippen molar-refractivity contribution in [2.75, 3.05) is 31.1 Å². The van der Waals surface area contributed by atoms with Gasteiger partial charge in [0.25, 0.3) is 0 Å². The highest BCUT2D eigenvalue weighted by Crippen LogP contribution is 2.65. The van der Waals surface area contributed by atoms with Crippen molar-refractivity contribution in [3.8, 4) is 0 Å². The molecular weight excluding hydrogens is 477 g/mol. The maximum absolute atomic E-state index is 14.4. The molecule has 0 saturated carbocycles. The van der Waals surface area contributed by atoms with Crippen LogP contribution in [0.25, 0.3) is 0 Å². The lowest BCUT2D eigenvalue weighted by Crippen LogP contribution is -2.49. The fourth-order valence-corrected chi connectivity index (χ4v) is 8.75. The predicted molar refractivity (Wildman–Crippen MR) is 133 cm³/mol. The van der Waals surface area contributed by atoms with Gasteiger partial charge in [0.1, 0.15) is 18.8 Å². The number of rotatable bonds is 4. The minimum absolute atomic E-state index is 0.0890. The van der Waals surface area contributed by atoms with E-state index < -0.39 is 24.1 Å². The Morgan fingerprint density at radius 2 is 1.49 bits per heavy atom. The van der Waals surface area contributed by atoms with E-state index in [0.29, 0.717) is 43.1 Å². The highest BCUT2D eigenvalue weighted by Gasteiger charge is 2.45. The molecule has 0 N–H and O–H groups in total. The maximum Gasteiger partial charge on any atom is 0.418 e. The zero-order valence-corrected chi connectivity index (χ0v) is 21.2. The molecule has 4 rings (SSSR count). The Labute approximate surface area is 203 Å². The van der Waals surface area contributed by atoms with Gasteiger partial charge in [0.2, 0.25) is 0 Å². The van der Waals surface area contributed by atoms with E-state index in [1.165, 1.54) is 18.2 Å². The van der Waals surface area contributed by atoms with Crippen LogP contribution < -0.4 is 10.4 Å². The molecule has 2 heterocycles. The number of hydrogen-bond donors (Lipinski definition) is 0. The van der Waals surface area contributed by atoms with Crippen LogP contribution >= 0.6 is 7.21 Å². The fourth-order valence-electron chi connectivity index (χ4n) is 4.64. The molecule has 0 radical (unpaired) electrons. The Balaban J connectivity index is 1.86. The lowest BCUT2D eigenvalue weighted by Gasteiger charge is -2.47. The Kier molecular flexibility index (Phi) is 6.91. The molecule has 1 aromatic heterocycles. The lowest BCUT2D eigenvalue weighted by molar-refractivity contribution is -0.137. The molecule has 0 spiro atoms. The molecule has 3 aromatic rings. The molecule has 0 aliphatic carbocycles. The van der Waals surface area contributed by atoms with E-state index in [2.05, 4.69) is 4.67 Å². The summed E-state index contributed by atoms with van der Waals surface area (Å²) in [6.45, 7) is 9.89. The third kappa shape index (κ3) is 4.91. The first kappa shape index (κ1) is 25.5. The number of para-hydroxylation sites is 1. The van der Waals surface area contributed by atoms with Gasteiger partial charge in [-0.05, 0) is 43.3 Å². The lowest BCUT2D eigenvalue weighted by atomic mass is 10.2. The van der Waals surface area contributed by atoms with Crippen molar-refractivity contribution in [2.24, 2.45) is 4.74 Å². The second-order valence-electron chi connectivity index (χ2n) is 9.66. The molecule has 1 aliphatic heterocycles. The van der Waals surface area contributed by atoms with Gasteiger partial charge in [-0.1, -0.05) is 45.0 Å². The molecule has 0 unspecified atom stereocenters. The summed E-state index contributed by atoms with van der Waals surface area (Å²) in [5.41, 5.74) is 0.273. The fraction of sp³-hybridized carbons (Fsp3) is 0.385. The molecule has 2 aromatic carbocycles. The summed E-state index contributed by atoms with van der Waals surface area (Å²) >= 11 is 0. The molecule has 4 nitrogen and oxygen atoms in total. The van der Waals surface area contributed by atoms with Crippen LogP contribution in [-0.4, -0.2) is 36.0 Å². The van der Waals surface area contributed by atoms with E-state index in [1.807, 2.05) is 44.7 Å². The Bertz CT molecular complexity index is 1240. The van der Waals surface area contributed by atoms with Crippen molar-refractivity contribution in [1.82, 2.24) is 4.67 Å². The van der Waals surface area contributed by atoms with Crippen molar-refractivity contribution in [2.45, 2.75) is 39.0 Å². The molecular formula is C26H30F4N3OP. The van der Waals surface area contributed by atoms with Crippen molar-refractivity contribution >= 4 is 24.1 Å². The van der Waals surface area contributed by atoms with Crippen LogP contribution in [0.15, 0.2) is 69.8 Å². The van der Waals surface area contributed by atoms with Crippen LogP contribution in [0.3, 0.4) is 0 Å². The van der Waals surface area contributed by atoms with Gasteiger partial charge >= 0.3 is 6.18 Å². The molecule has 9 heteroatoms. The van der Waals surface area contributed by atoms with E-state index in [9.17, 15) is 17.6 Å². The van der Waals surface area contributed by atoms with Gasteiger partial charge in [0.15, 0.2) is 5.50 Å². The number of hydrogen-bond acceptors (Lipinski definition) is 3. The number of benzene rings is 2. The number of alkyl halides is 3. The molecule has 1 fully saturated rings. The number of furan rings is 1. The monoisotopic (exact) mass is 507 g/mol. The zero-order chi connectivity index (χ0) is 25.4. The molecule has 1 saturated heterocycles. The average Bonchev–Trinajstić information content (AvgIpc) is 3.23. The van der Waals surface area contributed by atoms with Crippen LogP contribution in [0.4, 0.5) is 28.9 Å². The van der Waals surface area contributed by atoms with E-state index in [1.54, 1.807) is 24.3 Å². The van der Waals surface area contributed by atoms with Crippen LogP contribution in [0, 0.1) is 12.7 Å². The maximum atomic E-state index is 14.4. The van der Waals surface area contributed by atoms with Gasteiger partial charge in [-0.2, -0.15) is 13.2 Å². The highest BCUT2D eigenvalue weighted by molar-refractivity contribution is 7.72. The van der Waals surface area contributed by atoms with E-state index in [-0.39, 0.29) is 11.5 Å². The Hall–Kier alpha value is -2.57. The molecule has 0 amide bonds. The van der Waals surface area contributed by atoms with Gasteiger partial charge in [-0.3, -0.25) is 4.67 Å². The minimum atomic E-state index is -4.53. The minimum Gasteiger partial charge on any atom is -0.459 e. The number of halogens is 4. The zero-order valence-electron chi connectivity index (χ0n) is 20.3. The van der Waals surface area contributed by atoms with E-state index >= 15 is 0 Å². The normalized spacial score (nSPS) is 17.3. The second kappa shape index (κ2) is 9.47. The number of piperazine rings is 1. The number of anilines is 1. The smallest absolute Gasteiger partial charge is 0.418 e. The number of aryl methyl sites for hydroxylation is 1. The van der Waals surface area contributed by atoms with Crippen molar-refractivity contribution in [1.29, 1.82) is 0 Å². The summed E-state index contributed by atoms with van der Waals surface area (Å²) in [6, 6.07) is 15.8. The molecule has 35 heavy (non-hydrogen) atoms. The summed E-state index contributed by atoms with van der Waals surface area (Å²) in [5, 5.41) is -0.532. The summed E-state index contributed by atoms with van der Waals surface area (Å²) in [4.78, 5) is 1.97. The molecule has 188 valence electrons. The third-order valence-electron chi connectivity index (χ3n) is 6.29. The summed E-state index contributed by atoms with van der Waals surface area (Å²) < 4.78 is 69.4. The van der Waals surface area contributed by atoms with Gasteiger partial charge in [0.05, 0.1) is 16.9 Å². The summed E-state index contributed by atoms with van der Waals surface area (Å²) in [7, 11) is -2.86. The van der Waals surface area contributed by atoms with Gasteiger partial charge in [0, 0.05) is 31.3 Å². The average molecular weight is 508 g/mol.